The van der Waals surface area contributed by atoms with E-state index in [1.807, 2.05) is 36.4 Å². The maximum Gasteiger partial charge on any atom is 0.163 e. The van der Waals surface area contributed by atoms with Crippen molar-refractivity contribution in [3.8, 4) is 17.9 Å². The molecule has 7 nitrogen and oxygen atoms in total. The normalized spacial score (nSPS) is 15.9. The number of nitriles is 2. The van der Waals surface area contributed by atoms with Crippen LogP contribution in [0.3, 0.4) is 0 Å². The number of methoxy groups -OCH3 is 1. The van der Waals surface area contributed by atoms with Gasteiger partial charge < -0.3 is 9.64 Å². The van der Waals surface area contributed by atoms with Crippen molar-refractivity contribution >= 4 is 5.82 Å². The molecule has 1 aliphatic rings. The molecule has 0 N–H and O–H groups in total. The number of piperazine rings is 1. The van der Waals surface area contributed by atoms with Gasteiger partial charge >= 0.3 is 0 Å². The molecule has 2 aromatic rings. The van der Waals surface area contributed by atoms with Gasteiger partial charge in [0.2, 0.25) is 0 Å². The summed E-state index contributed by atoms with van der Waals surface area (Å²) in [7, 11) is 1.63. The summed E-state index contributed by atoms with van der Waals surface area (Å²) in [6.07, 6.45) is 0. The van der Waals surface area contributed by atoms with Gasteiger partial charge in [-0.2, -0.15) is 10.5 Å². The largest absolute Gasteiger partial charge is 0.497 e. The molecule has 7 heteroatoms. The molecule has 1 aromatic carbocycles. The third kappa shape index (κ3) is 3.68. The first-order valence-electron chi connectivity index (χ1n) is 8.01. The molecule has 2 heterocycles. The number of anilines is 1. The highest BCUT2D eigenvalue weighted by molar-refractivity contribution is 5.40. The summed E-state index contributed by atoms with van der Waals surface area (Å²) in [4.78, 5) is 4.28. The summed E-state index contributed by atoms with van der Waals surface area (Å²) in [6.45, 7) is 3.03. The zero-order valence-electron chi connectivity index (χ0n) is 14.0. The molecule has 126 valence electrons. The molecule has 0 amide bonds. The van der Waals surface area contributed by atoms with Crippen molar-refractivity contribution in [2.75, 3.05) is 38.2 Å². The van der Waals surface area contributed by atoms with Crippen molar-refractivity contribution in [1.82, 2.24) is 15.1 Å². The quantitative estimate of drug-likeness (QED) is 0.841. The average molecular weight is 334 g/mol. The predicted octanol–water partition coefficient (Wildman–Crippen LogP) is 1.74. The van der Waals surface area contributed by atoms with E-state index >= 15 is 0 Å². The van der Waals surface area contributed by atoms with Gasteiger partial charge in [0, 0.05) is 26.2 Å². The standard InChI is InChI=1S/C18H18N6O/c1-25-16-5-2-14(3-6-16)17(13-20)23-8-10-24(11-9-23)18-7-4-15(12-19)21-22-18/h2-7,17H,8-11H2,1H3/t17-/m0/s1. The molecule has 1 aromatic heterocycles. The summed E-state index contributed by atoms with van der Waals surface area (Å²) < 4.78 is 5.17. The van der Waals surface area contributed by atoms with Crippen molar-refractivity contribution in [2.45, 2.75) is 6.04 Å². The number of benzene rings is 1. The van der Waals surface area contributed by atoms with Gasteiger partial charge in [-0.15, -0.1) is 10.2 Å². The number of rotatable bonds is 4. The van der Waals surface area contributed by atoms with Gasteiger partial charge in [0.1, 0.15) is 17.9 Å². The van der Waals surface area contributed by atoms with Crippen LogP contribution in [0, 0.1) is 22.7 Å². The van der Waals surface area contributed by atoms with E-state index < -0.39 is 0 Å². The Hall–Kier alpha value is -3.16. The fraction of sp³-hybridized carbons (Fsp3) is 0.333. The van der Waals surface area contributed by atoms with Gasteiger partial charge in [0.05, 0.1) is 13.2 Å². The smallest absolute Gasteiger partial charge is 0.163 e. The summed E-state index contributed by atoms with van der Waals surface area (Å²) in [5, 5.41) is 26.4. The third-order valence-corrected chi connectivity index (χ3v) is 4.32. The SMILES string of the molecule is COc1ccc([C@H](C#N)N2CCN(c3ccc(C#N)nn3)CC2)cc1. The maximum absolute atomic E-state index is 9.61. The summed E-state index contributed by atoms with van der Waals surface area (Å²) >= 11 is 0. The molecule has 0 unspecified atom stereocenters. The van der Waals surface area contributed by atoms with Gasteiger partial charge in [0.15, 0.2) is 11.5 Å². The van der Waals surface area contributed by atoms with E-state index in [0.717, 1.165) is 43.3 Å². The molecule has 0 radical (unpaired) electrons. The summed E-state index contributed by atoms with van der Waals surface area (Å²) in [6, 6.07) is 15.2. The Balaban J connectivity index is 1.65. The molecular formula is C18H18N6O. The number of hydrogen-bond donors (Lipinski definition) is 0. The highest BCUT2D eigenvalue weighted by Crippen LogP contribution is 2.24. The van der Waals surface area contributed by atoms with Crippen LogP contribution in [0.15, 0.2) is 36.4 Å². The van der Waals surface area contributed by atoms with Gasteiger partial charge in [-0.1, -0.05) is 12.1 Å². The molecule has 1 aliphatic heterocycles. The van der Waals surface area contributed by atoms with Crippen LogP contribution in [0.4, 0.5) is 5.82 Å². The zero-order valence-corrected chi connectivity index (χ0v) is 14.0. The Morgan fingerprint density at radius 3 is 2.24 bits per heavy atom. The van der Waals surface area contributed by atoms with Crippen molar-refractivity contribution in [1.29, 1.82) is 10.5 Å². The van der Waals surface area contributed by atoms with Crippen LogP contribution < -0.4 is 9.64 Å². The van der Waals surface area contributed by atoms with Crippen molar-refractivity contribution in [3.05, 3.63) is 47.7 Å². The first-order chi connectivity index (χ1) is 12.2. The van der Waals surface area contributed by atoms with Crippen LogP contribution in [-0.4, -0.2) is 48.4 Å². The van der Waals surface area contributed by atoms with Crippen molar-refractivity contribution in [3.63, 3.8) is 0 Å². The summed E-state index contributed by atoms with van der Waals surface area (Å²) in [5.41, 5.74) is 1.28. The highest BCUT2D eigenvalue weighted by Gasteiger charge is 2.25. The lowest BCUT2D eigenvalue weighted by atomic mass is 10.1. The van der Waals surface area contributed by atoms with Gasteiger partial charge in [-0.3, -0.25) is 4.90 Å². The number of aromatic nitrogens is 2. The lowest BCUT2D eigenvalue weighted by Gasteiger charge is -2.37. The molecule has 0 saturated carbocycles. The minimum atomic E-state index is -0.278. The van der Waals surface area contributed by atoms with Gasteiger partial charge in [0.25, 0.3) is 0 Å². The molecule has 0 spiro atoms. The Morgan fingerprint density at radius 2 is 1.72 bits per heavy atom. The Labute approximate surface area is 146 Å². The minimum Gasteiger partial charge on any atom is -0.497 e. The van der Waals surface area contributed by atoms with E-state index in [2.05, 4.69) is 26.1 Å². The third-order valence-electron chi connectivity index (χ3n) is 4.32. The highest BCUT2D eigenvalue weighted by atomic mass is 16.5. The Morgan fingerprint density at radius 1 is 1.00 bits per heavy atom. The molecule has 0 bridgehead atoms. The number of hydrogen-bond acceptors (Lipinski definition) is 7. The molecule has 0 aliphatic carbocycles. The first-order valence-corrected chi connectivity index (χ1v) is 8.01. The van der Waals surface area contributed by atoms with Crippen molar-refractivity contribution in [2.24, 2.45) is 0 Å². The fourth-order valence-electron chi connectivity index (χ4n) is 2.92. The van der Waals surface area contributed by atoms with Crippen LogP contribution in [0.25, 0.3) is 0 Å². The monoisotopic (exact) mass is 334 g/mol. The van der Waals surface area contributed by atoms with Crippen molar-refractivity contribution < 1.29 is 4.74 Å². The molecule has 1 fully saturated rings. The van der Waals surface area contributed by atoms with E-state index in [1.54, 1.807) is 13.2 Å². The second-order valence-corrected chi connectivity index (χ2v) is 5.72. The van der Waals surface area contributed by atoms with Crippen LogP contribution in [0.1, 0.15) is 17.3 Å². The maximum atomic E-state index is 9.61. The molecular weight excluding hydrogens is 316 g/mol. The van der Waals surface area contributed by atoms with E-state index in [-0.39, 0.29) is 6.04 Å². The van der Waals surface area contributed by atoms with E-state index in [4.69, 9.17) is 10.00 Å². The molecule has 3 rings (SSSR count). The zero-order chi connectivity index (χ0) is 17.6. The molecule has 1 atom stereocenters. The topological polar surface area (TPSA) is 89.1 Å². The Bertz CT molecular complexity index is 782. The Kier molecular flexibility index (Phi) is 5.08. The second-order valence-electron chi connectivity index (χ2n) is 5.72. The van der Waals surface area contributed by atoms with Gasteiger partial charge in [-0.05, 0) is 29.8 Å². The second kappa shape index (κ2) is 7.61. The van der Waals surface area contributed by atoms with Crippen LogP contribution >= 0.6 is 0 Å². The van der Waals surface area contributed by atoms with Crippen LogP contribution in [-0.2, 0) is 0 Å². The average Bonchev–Trinajstić information content (AvgIpc) is 2.70. The molecule has 25 heavy (non-hydrogen) atoms. The summed E-state index contributed by atoms with van der Waals surface area (Å²) in [5.74, 6) is 1.54. The van der Waals surface area contributed by atoms with Crippen LogP contribution in [0.5, 0.6) is 5.75 Å². The van der Waals surface area contributed by atoms with Gasteiger partial charge in [-0.25, -0.2) is 0 Å². The molecule has 1 saturated heterocycles. The van der Waals surface area contributed by atoms with Crippen LogP contribution in [0.2, 0.25) is 0 Å². The predicted molar refractivity (Wildman–Crippen MR) is 91.9 cm³/mol. The fourth-order valence-corrected chi connectivity index (χ4v) is 2.92. The van der Waals surface area contributed by atoms with E-state index in [0.29, 0.717) is 5.69 Å². The lowest BCUT2D eigenvalue weighted by Crippen LogP contribution is -2.47. The van der Waals surface area contributed by atoms with E-state index in [1.165, 1.54) is 0 Å². The van der Waals surface area contributed by atoms with E-state index in [9.17, 15) is 5.26 Å². The lowest BCUT2D eigenvalue weighted by molar-refractivity contribution is 0.221. The minimum absolute atomic E-state index is 0.278. The number of ether oxygens (including phenoxy) is 1. The number of nitrogens with zero attached hydrogens (tertiary/aromatic N) is 6. The first kappa shape index (κ1) is 16.7.